The summed E-state index contributed by atoms with van der Waals surface area (Å²) in [5, 5.41) is 17.9. The fourth-order valence-corrected chi connectivity index (χ4v) is 1.70. The van der Waals surface area contributed by atoms with Gasteiger partial charge < -0.3 is 25.6 Å². The van der Waals surface area contributed by atoms with Crippen LogP contribution in [0.5, 0.6) is 0 Å². The van der Waals surface area contributed by atoms with E-state index >= 15 is 0 Å². The molecule has 0 aromatic heterocycles. The van der Waals surface area contributed by atoms with Gasteiger partial charge in [-0.3, -0.25) is 0 Å². The normalized spacial score (nSPS) is 10.3. The number of methoxy groups -OCH3 is 1. The summed E-state index contributed by atoms with van der Waals surface area (Å²) >= 11 is 0. The van der Waals surface area contributed by atoms with E-state index in [2.05, 4.69) is 4.74 Å². The third-order valence-electron chi connectivity index (χ3n) is 2.60. The van der Waals surface area contributed by atoms with E-state index in [1.807, 2.05) is 0 Å². The zero-order chi connectivity index (χ0) is 14.4. The van der Waals surface area contributed by atoms with E-state index in [0.29, 0.717) is 0 Å². The second-order valence-corrected chi connectivity index (χ2v) is 3.82. The zero-order valence-electron chi connectivity index (χ0n) is 10.6. The first-order chi connectivity index (χ1) is 9.04. The van der Waals surface area contributed by atoms with Crippen LogP contribution in [0.2, 0.25) is 0 Å². The highest BCUT2D eigenvalue weighted by molar-refractivity contribution is 5.96. The maximum atomic E-state index is 13.9. The van der Waals surface area contributed by atoms with E-state index in [1.54, 1.807) is 0 Å². The van der Waals surface area contributed by atoms with Gasteiger partial charge in [-0.1, -0.05) is 0 Å². The Morgan fingerprint density at radius 2 is 1.95 bits per heavy atom. The number of rotatable bonds is 6. The van der Waals surface area contributed by atoms with Crippen molar-refractivity contribution in [2.45, 2.75) is 0 Å². The molecule has 0 bridgehead atoms. The number of nitrogens with zero attached hydrogens (tertiary/aromatic N) is 1. The molecule has 0 saturated carbocycles. The molecule has 19 heavy (non-hydrogen) atoms. The van der Waals surface area contributed by atoms with Crippen LogP contribution < -0.4 is 10.6 Å². The molecule has 0 heterocycles. The molecule has 1 aromatic carbocycles. The van der Waals surface area contributed by atoms with Gasteiger partial charge in [0.2, 0.25) is 0 Å². The molecule has 0 radical (unpaired) electrons. The molecule has 1 aromatic rings. The van der Waals surface area contributed by atoms with E-state index in [1.165, 1.54) is 18.1 Å². The Morgan fingerprint density at radius 3 is 2.42 bits per heavy atom. The Bertz CT molecular complexity index is 448. The summed E-state index contributed by atoms with van der Waals surface area (Å²) in [6.45, 7) is -0.168. The molecule has 4 N–H and O–H groups in total. The summed E-state index contributed by atoms with van der Waals surface area (Å²) in [5.74, 6) is -1.31. The Morgan fingerprint density at radius 1 is 1.37 bits per heavy atom. The molecule has 0 aliphatic heterocycles. The summed E-state index contributed by atoms with van der Waals surface area (Å²) in [6.07, 6.45) is 0. The molecule has 0 fully saturated rings. The molecule has 0 unspecified atom stereocenters. The molecule has 6 nitrogen and oxygen atoms in total. The van der Waals surface area contributed by atoms with E-state index in [4.69, 9.17) is 15.9 Å². The molecule has 7 heteroatoms. The Balaban J connectivity index is 3.21. The third kappa shape index (κ3) is 3.55. The summed E-state index contributed by atoms with van der Waals surface area (Å²) in [6, 6.07) is 2.27. The van der Waals surface area contributed by atoms with Gasteiger partial charge in [-0.15, -0.1) is 0 Å². The summed E-state index contributed by atoms with van der Waals surface area (Å²) in [7, 11) is 1.20. The number of hydrogen-bond acceptors (Lipinski definition) is 6. The maximum absolute atomic E-state index is 13.9. The number of nitrogen functional groups attached to an aromatic ring is 1. The van der Waals surface area contributed by atoms with Gasteiger partial charge in [0, 0.05) is 18.8 Å². The maximum Gasteiger partial charge on any atom is 0.340 e. The number of hydrogen-bond donors (Lipinski definition) is 3. The smallest absolute Gasteiger partial charge is 0.340 e. The summed E-state index contributed by atoms with van der Waals surface area (Å²) in [4.78, 5) is 12.9. The fraction of sp³-hybridized carbons (Fsp3) is 0.417. The van der Waals surface area contributed by atoms with Crippen LogP contribution in [-0.4, -0.2) is 49.6 Å². The van der Waals surface area contributed by atoms with Crippen LogP contribution in [0.4, 0.5) is 15.8 Å². The first-order valence-corrected chi connectivity index (χ1v) is 5.69. The number of benzene rings is 1. The van der Waals surface area contributed by atoms with Crippen LogP contribution >= 0.6 is 0 Å². The van der Waals surface area contributed by atoms with Gasteiger partial charge in [0.25, 0.3) is 0 Å². The first kappa shape index (κ1) is 15.2. The Kier molecular flexibility index (Phi) is 5.53. The number of nitrogens with two attached hydrogens (primary N) is 1. The molecule has 0 amide bonds. The highest BCUT2D eigenvalue weighted by atomic mass is 19.1. The largest absolute Gasteiger partial charge is 0.465 e. The summed E-state index contributed by atoms with van der Waals surface area (Å²) in [5.41, 5.74) is 5.65. The third-order valence-corrected chi connectivity index (χ3v) is 2.60. The molecule has 106 valence electrons. The van der Waals surface area contributed by atoms with E-state index < -0.39 is 11.8 Å². The molecule has 0 aliphatic carbocycles. The second-order valence-electron chi connectivity index (χ2n) is 3.82. The quantitative estimate of drug-likeness (QED) is 0.498. The minimum atomic E-state index is -0.674. The molecular weight excluding hydrogens is 255 g/mol. The van der Waals surface area contributed by atoms with Crippen molar-refractivity contribution in [2.24, 2.45) is 0 Å². The fourth-order valence-electron chi connectivity index (χ4n) is 1.70. The topological polar surface area (TPSA) is 96.0 Å². The van der Waals surface area contributed by atoms with Crippen LogP contribution in [0.3, 0.4) is 0 Å². The number of aliphatic hydroxyl groups excluding tert-OH is 2. The van der Waals surface area contributed by atoms with Gasteiger partial charge in [-0.25, -0.2) is 9.18 Å². The van der Waals surface area contributed by atoms with Crippen molar-refractivity contribution in [1.29, 1.82) is 0 Å². The number of ether oxygens (including phenoxy) is 1. The van der Waals surface area contributed by atoms with Crippen LogP contribution in [-0.2, 0) is 4.74 Å². The number of carbonyl (C=O) groups excluding carboxylic acids is 1. The number of halogens is 1. The predicted octanol–water partition coefficient (Wildman–Crippen LogP) is -0.0145. The first-order valence-electron chi connectivity index (χ1n) is 5.69. The number of esters is 1. The minimum Gasteiger partial charge on any atom is -0.465 e. The van der Waals surface area contributed by atoms with Crippen molar-refractivity contribution in [3.05, 3.63) is 23.5 Å². The standard InChI is InChI=1S/C12H17FN2O4/c1-19-12(18)8-6-11(9(13)7-10(8)14)15(2-4-16)3-5-17/h6-7,16-17H,2-5,14H2,1H3. The number of aliphatic hydroxyl groups is 2. The van der Waals surface area contributed by atoms with Crippen molar-refractivity contribution in [1.82, 2.24) is 0 Å². The SMILES string of the molecule is COC(=O)c1cc(N(CCO)CCO)c(F)cc1N. The van der Waals surface area contributed by atoms with Crippen molar-refractivity contribution >= 4 is 17.3 Å². The number of anilines is 2. The molecule has 0 aliphatic rings. The van der Waals surface area contributed by atoms with Gasteiger partial charge in [0.1, 0.15) is 5.82 Å². The van der Waals surface area contributed by atoms with Crippen LogP contribution in [0.25, 0.3) is 0 Å². The summed E-state index contributed by atoms with van der Waals surface area (Å²) < 4.78 is 18.4. The van der Waals surface area contributed by atoms with Crippen molar-refractivity contribution < 1.29 is 24.1 Å². The highest BCUT2D eigenvalue weighted by Crippen LogP contribution is 2.26. The average molecular weight is 272 g/mol. The zero-order valence-corrected chi connectivity index (χ0v) is 10.6. The minimum absolute atomic E-state index is 0.0268. The van der Waals surface area contributed by atoms with E-state index in [9.17, 15) is 9.18 Å². The van der Waals surface area contributed by atoms with E-state index in [0.717, 1.165) is 6.07 Å². The highest BCUT2D eigenvalue weighted by Gasteiger charge is 2.18. The lowest BCUT2D eigenvalue weighted by Gasteiger charge is -2.24. The lowest BCUT2D eigenvalue weighted by Crippen LogP contribution is -2.30. The van der Waals surface area contributed by atoms with Crippen molar-refractivity contribution in [3.63, 3.8) is 0 Å². The molecule has 0 atom stereocenters. The van der Waals surface area contributed by atoms with Crippen LogP contribution in [0, 0.1) is 5.82 Å². The van der Waals surface area contributed by atoms with Gasteiger partial charge in [0.15, 0.2) is 0 Å². The Hall–Kier alpha value is -1.86. The molecule has 1 rings (SSSR count). The molecule has 0 saturated heterocycles. The molecule has 0 spiro atoms. The van der Waals surface area contributed by atoms with Crippen molar-refractivity contribution in [2.75, 3.05) is 44.0 Å². The molecular formula is C12H17FN2O4. The van der Waals surface area contributed by atoms with Gasteiger partial charge in [0.05, 0.1) is 31.6 Å². The Labute approximate surface area is 110 Å². The predicted molar refractivity (Wildman–Crippen MR) is 68.5 cm³/mol. The van der Waals surface area contributed by atoms with Crippen molar-refractivity contribution in [3.8, 4) is 0 Å². The van der Waals surface area contributed by atoms with Gasteiger partial charge in [-0.05, 0) is 12.1 Å². The van der Waals surface area contributed by atoms with Crippen LogP contribution in [0.1, 0.15) is 10.4 Å². The number of carbonyl (C=O) groups is 1. The monoisotopic (exact) mass is 272 g/mol. The lowest BCUT2D eigenvalue weighted by atomic mass is 10.1. The lowest BCUT2D eigenvalue weighted by molar-refractivity contribution is 0.0602. The van der Waals surface area contributed by atoms with Gasteiger partial charge >= 0.3 is 5.97 Å². The van der Waals surface area contributed by atoms with Gasteiger partial charge in [-0.2, -0.15) is 0 Å². The van der Waals surface area contributed by atoms with E-state index in [-0.39, 0.29) is 43.2 Å². The average Bonchev–Trinajstić information content (AvgIpc) is 2.38. The van der Waals surface area contributed by atoms with Crippen LogP contribution in [0.15, 0.2) is 12.1 Å². The second kappa shape index (κ2) is 6.91.